The number of hydrogen-bond acceptors (Lipinski definition) is 3. The first-order valence-electron chi connectivity index (χ1n) is 4.20. The number of aromatic nitrogens is 1. The molecule has 0 fully saturated rings. The third kappa shape index (κ3) is 2.99. The summed E-state index contributed by atoms with van der Waals surface area (Å²) < 4.78 is 12.4. The van der Waals surface area contributed by atoms with Crippen molar-refractivity contribution in [2.75, 3.05) is 6.26 Å². The lowest BCUT2D eigenvalue weighted by molar-refractivity contribution is -0.463. The highest BCUT2D eigenvalue weighted by molar-refractivity contribution is 7.78. The highest BCUT2D eigenvalue weighted by atomic mass is 35.5. The lowest BCUT2D eigenvalue weighted by Crippen LogP contribution is -2.15. The predicted octanol–water partition coefficient (Wildman–Crippen LogP) is 1.85. The van der Waals surface area contributed by atoms with Gasteiger partial charge in [0.2, 0.25) is 0 Å². The summed E-state index contributed by atoms with van der Waals surface area (Å²) in [4.78, 5) is 3.91. The van der Waals surface area contributed by atoms with Crippen LogP contribution in [-0.4, -0.2) is 19.7 Å². The van der Waals surface area contributed by atoms with Crippen LogP contribution in [0.5, 0.6) is 0 Å². The summed E-state index contributed by atoms with van der Waals surface area (Å²) in [6, 6.07) is 3.13. The maximum absolute atomic E-state index is 11.2. The van der Waals surface area contributed by atoms with E-state index in [0.717, 1.165) is 5.56 Å². The molecule has 0 aliphatic rings. The van der Waals surface area contributed by atoms with Crippen LogP contribution in [0.4, 0.5) is 0 Å². The first-order chi connectivity index (χ1) is 7.06. The molecule has 0 bridgehead atoms. The summed E-state index contributed by atoms with van der Waals surface area (Å²) in [7, 11) is -1.33. The Kier molecular flexibility index (Phi) is 4.21. The molecule has 6 heteroatoms. The van der Waals surface area contributed by atoms with E-state index in [4.69, 9.17) is 16.9 Å². The molecule has 80 valence electrons. The lowest BCUT2D eigenvalue weighted by atomic mass is 10.1. The van der Waals surface area contributed by atoms with Gasteiger partial charge in [-0.25, -0.2) is 4.98 Å². The van der Waals surface area contributed by atoms with Gasteiger partial charge in [-0.05, 0) is 19.2 Å². The molecule has 0 saturated carbocycles. The van der Waals surface area contributed by atoms with E-state index in [1.165, 1.54) is 10.2 Å². The number of hydrogen-bond donors (Lipinski definition) is 0. The monoisotopic (exact) mass is 243 g/mol. The van der Waals surface area contributed by atoms with Gasteiger partial charge in [0.15, 0.2) is 5.26 Å². The van der Waals surface area contributed by atoms with Gasteiger partial charge in [0.05, 0.1) is 0 Å². The predicted molar refractivity (Wildman–Crippen MR) is 57.6 cm³/mol. The molecular weight excluding hydrogens is 234 g/mol. The summed E-state index contributed by atoms with van der Waals surface area (Å²) in [5, 5.41) is 9.21. The second-order valence-corrected chi connectivity index (χ2v) is 4.57. The van der Waals surface area contributed by atoms with Crippen LogP contribution >= 0.6 is 11.6 Å². The largest absolute Gasteiger partial charge is 0.772 e. The summed E-state index contributed by atoms with van der Waals surface area (Å²) in [6.45, 7) is 1.79. The topological polar surface area (TPSA) is 62.8 Å². The van der Waals surface area contributed by atoms with Crippen molar-refractivity contribution >= 4 is 22.6 Å². The zero-order valence-electron chi connectivity index (χ0n) is 8.35. The van der Waals surface area contributed by atoms with Crippen LogP contribution in [0.15, 0.2) is 18.3 Å². The normalized spacial score (nSPS) is 15.3. The highest BCUT2D eigenvalue weighted by Gasteiger charge is 2.15. The second-order valence-electron chi connectivity index (χ2n) is 2.94. The van der Waals surface area contributed by atoms with Gasteiger partial charge in [-0.2, -0.15) is 3.95 Å². The van der Waals surface area contributed by atoms with Gasteiger partial charge in [0.1, 0.15) is 11.2 Å². The zero-order valence-corrected chi connectivity index (χ0v) is 9.92. The Hall–Kier alpha value is -0.960. The van der Waals surface area contributed by atoms with Gasteiger partial charge in [-0.15, -0.1) is 11.0 Å². The van der Waals surface area contributed by atoms with Crippen LogP contribution < -0.4 is 0 Å². The average Bonchev–Trinajstić information content (AvgIpc) is 2.19. The van der Waals surface area contributed by atoms with Gasteiger partial charge >= 0.3 is 6.19 Å². The second kappa shape index (κ2) is 5.21. The fourth-order valence-electron chi connectivity index (χ4n) is 1.14. The minimum absolute atomic E-state index is 0.273. The van der Waals surface area contributed by atoms with Crippen molar-refractivity contribution in [2.24, 2.45) is 0 Å². The van der Waals surface area contributed by atoms with Gasteiger partial charge in [-0.3, -0.25) is 0 Å². The molecule has 0 spiro atoms. The van der Waals surface area contributed by atoms with E-state index in [2.05, 4.69) is 4.98 Å². The van der Waals surface area contributed by atoms with Crippen LogP contribution in [0.25, 0.3) is 0 Å². The first kappa shape index (κ1) is 12.1. The zero-order chi connectivity index (χ0) is 11.4. The van der Waals surface area contributed by atoms with E-state index >= 15 is 0 Å². The Morgan fingerprint density at radius 1 is 1.67 bits per heavy atom. The van der Waals surface area contributed by atoms with Crippen LogP contribution in [0.2, 0.25) is 5.15 Å². The Morgan fingerprint density at radius 3 is 2.73 bits per heavy atom. The molecular formula is C9H10ClN3OS. The average molecular weight is 244 g/mol. The van der Waals surface area contributed by atoms with Crippen LogP contribution in [-0.2, 0) is 11.0 Å². The number of pyridine rings is 1. The van der Waals surface area contributed by atoms with E-state index in [0.29, 0.717) is 5.15 Å². The Labute approximate surface area is 96.0 Å². The maximum atomic E-state index is 11.2. The third-order valence-electron chi connectivity index (χ3n) is 1.96. The molecule has 0 saturated heterocycles. The van der Waals surface area contributed by atoms with Crippen molar-refractivity contribution in [3.05, 3.63) is 29.0 Å². The fourth-order valence-corrected chi connectivity index (χ4v) is 1.93. The van der Waals surface area contributed by atoms with Crippen molar-refractivity contribution in [2.45, 2.75) is 13.0 Å². The molecule has 0 aromatic carbocycles. The Bertz CT molecular complexity index is 420. The minimum atomic E-state index is -1.33. The third-order valence-corrected chi connectivity index (χ3v) is 3.14. The quantitative estimate of drug-likeness (QED) is 0.345. The Balaban J connectivity index is 3.05. The minimum Gasteiger partial charge on any atom is -0.772 e. The number of nitriles is 1. The van der Waals surface area contributed by atoms with Crippen molar-refractivity contribution in [3.63, 3.8) is 0 Å². The molecule has 2 unspecified atom stereocenters. The smallest absolute Gasteiger partial charge is 0.465 e. The maximum Gasteiger partial charge on any atom is 0.465 e. The summed E-state index contributed by atoms with van der Waals surface area (Å²) in [6.07, 6.45) is 4.92. The van der Waals surface area contributed by atoms with Crippen molar-refractivity contribution in [3.8, 4) is 6.19 Å². The standard InChI is InChI=1S/C9H10ClN3OS/c1-7(13(6-11)15(2)14)8-3-4-9(10)12-5-8/h3-5,7H,1-2H3. The summed E-state index contributed by atoms with van der Waals surface area (Å²) in [5.41, 5.74) is 0.802. The van der Waals surface area contributed by atoms with E-state index in [-0.39, 0.29) is 6.04 Å². The fraction of sp³-hybridized carbons (Fsp3) is 0.333. The van der Waals surface area contributed by atoms with Gasteiger partial charge < -0.3 is 4.55 Å². The molecule has 1 aromatic rings. The number of rotatable bonds is 2. The van der Waals surface area contributed by atoms with E-state index in [1.807, 2.05) is 6.19 Å². The van der Waals surface area contributed by atoms with Crippen molar-refractivity contribution in [1.29, 1.82) is 5.26 Å². The van der Waals surface area contributed by atoms with E-state index in [1.54, 1.807) is 25.3 Å². The lowest BCUT2D eigenvalue weighted by Gasteiger charge is -2.13. The van der Waals surface area contributed by atoms with Crippen LogP contribution in [0, 0.1) is 11.5 Å². The first-order valence-corrected chi connectivity index (χ1v) is 6.09. The molecule has 4 nitrogen and oxygen atoms in total. The molecule has 1 aromatic heterocycles. The Morgan fingerprint density at radius 2 is 2.33 bits per heavy atom. The van der Waals surface area contributed by atoms with Gasteiger partial charge in [-0.1, -0.05) is 17.7 Å². The van der Waals surface area contributed by atoms with E-state index in [9.17, 15) is 4.55 Å². The van der Waals surface area contributed by atoms with Gasteiger partial charge in [0, 0.05) is 11.8 Å². The molecule has 0 radical (unpaired) electrons. The van der Waals surface area contributed by atoms with Crippen molar-refractivity contribution in [1.82, 2.24) is 4.98 Å². The molecule has 1 heterocycles. The molecule has 0 amide bonds. The highest BCUT2D eigenvalue weighted by Crippen LogP contribution is 2.17. The molecule has 2 atom stereocenters. The van der Waals surface area contributed by atoms with Gasteiger partial charge in [0.25, 0.3) is 0 Å². The number of halogens is 1. The molecule has 1 rings (SSSR count). The van der Waals surface area contributed by atoms with Crippen LogP contribution in [0.1, 0.15) is 18.5 Å². The van der Waals surface area contributed by atoms with Crippen molar-refractivity contribution < 1.29 is 8.50 Å². The molecule has 15 heavy (non-hydrogen) atoms. The van der Waals surface area contributed by atoms with Crippen LogP contribution in [0.3, 0.4) is 0 Å². The molecule has 0 aliphatic heterocycles. The molecule has 0 N–H and O–H groups in total. The summed E-state index contributed by atoms with van der Waals surface area (Å²) in [5.74, 6) is 0. The van der Waals surface area contributed by atoms with E-state index < -0.39 is 11.0 Å². The SMILES string of the molecule is CC(c1ccc(Cl)nc1)[N+](C#N)=S(C)[O-]. The number of nitrogens with zero attached hydrogens (tertiary/aromatic N) is 3. The molecule has 0 aliphatic carbocycles. The summed E-state index contributed by atoms with van der Waals surface area (Å²) >= 11 is 5.64.